The number of nitrogens with zero attached hydrogens (tertiary/aromatic N) is 1. The summed E-state index contributed by atoms with van der Waals surface area (Å²) in [6.45, 7) is 4.65. The summed E-state index contributed by atoms with van der Waals surface area (Å²) in [7, 11) is 1.41. The van der Waals surface area contributed by atoms with Crippen molar-refractivity contribution in [3.05, 3.63) is 0 Å². The van der Waals surface area contributed by atoms with Gasteiger partial charge in [0, 0.05) is 20.1 Å². The summed E-state index contributed by atoms with van der Waals surface area (Å²) in [4.78, 5) is 25.2. The molecule has 1 rings (SSSR count). The molecule has 0 unspecified atom stereocenters. The first-order valence-corrected chi connectivity index (χ1v) is 6.29. The number of likely N-dealkylation sites (tertiary alicyclic amines) is 1. The maximum absolute atomic E-state index is 12.0. The van der Waals surface area contributed by atoms with Gasteiger partial charge in [0.15, 0.2) is 0 Å². The van der Waals surface area contributed by atoms with Crippen molar-refractivity contribution in [2.45, 2.75) is 38.8 Å². The molecule has 0 aromatic rings. The van der Waals surface area contributed by atoms with Crippen LogP contribution in [0.4, 0.5) is 4.79 Å². The van der Waals surface area contributed by atoms with E-state index >= 15 is 0 Å². The molecule has 104 valence electrons. The predicted molar refractivity (Wildman–Crippen MR) is 64.0 cm³/mol. The van der Waals surface area contributed by atoms with Crippen LogP contribution in [-0.2, 0) is 19.0 Å². The molecule has 1 aliphatic rings. The third kappa shape index (κ3) is 2.75. The number of carbonyl (C=O) groups excluding carboxylic acids is 2. The van der Waals surface area contributed by atoms with Crippen LogP contribution in [0.3, 0.4) is 0 Å². The fourth-order valence-electron chi connectivity index (χ4n) is 2.05. The Morgan fingerprint density at radius 2 is 2.00 bits per heavy atom. The van der Waals surface area contributed by atoms with E-state index in [-0.39, 0.29) is 6.61 Å². The molecule has 0 aromatic carbocycles. The topological polar surface area (TPSA) is 65.1 Å². The molecule has 0 aliphatic carbocycles. The standard InChI is InChI=1S/C12H21NO5/c1-4-9-18-11(15)13-8-6-7-12(13,16-3)10(14)17-5-2/h4-9H2,1-3H3/t12-/m1/s1. The van der Waals surface area contributed by atoms with Crippen molar-refractivity contribution in [2.24, 2.45) is 0 Å². The van der Waals surface area contributed by atoms with E-state index in [1.807, 2.05) is 6.92 Å². The second-order valence-corrected chi connectivity index (χ2v) is 4.08. The SMILES string of the molecule is CCCOC(=O)N1CCC[C@@]1(OC)C(=O)OCC. The molecule has 1 saturated heterocycles. The summed E-state index contributed by atoms with van der Waals surface area (Å²) in [5.41, 5.74) is -1.32. The van der Waals surface area contributed by atoms with Crippen LogP contribution in [0, 0.1) is 0 Å². The lowest BCUT2D eigenvalue weighted by Crippen LogP contribution is -2.55. The Balaban J connectivity index is 2.81. The largest absolute Gasteiger partial charge is 0.462 e. The van der Waals surface area contributed by atoms with E-state index in [2.05, 4.69) is 0 Å². The van der Waals surface area contributed by atoms with Gasteiger partial charge in [-0.25, -0.2) is 9.59 Å². The van der Waals surface area contributed by atoms with Gasteiger partial charge >= 0.3 is 12.1 Å². The second kappa shape index (κ2) is 6.58. The monoisotopic (exact) mass is 259 g/mol. The Morgan fingerprint density at radius 3 is 2.56 bits per heavy atom. The number of ether oxygens (including phenoxy) is 3. The van der Waals surface area contributed by atoms with E-state index in [1.165, 1.54) is 12.0 Å². The highest BCUT2D eigenvalue weighted by Gasteiger charge is 2.52. The lowest BCUT2D eigenvalue weighted by atomic mass is 10.1. The molecule has 6 heteroatoms. The zero-order chi connectivity index (χ0) is 13.6. The second-order valence-electron chi connectivity index (χ2n) is 4.08. The molecule has 0 bridgehead atoms. The quantitative estimate of drug-likeness (QED) is 0.701. The van der Waals surface area contributed by atoms with Crippen LogP contribution in [0.25, 0.3) is 0 Å². The molecule has 1 fully saturated rings. The molecule has 0 saturated carbocycles. The van der Waals surface area contributed by atoms with Crippen molar-refractivity contribution in [3.63, 3.8) is 0 Å². The molecule has 0 aromatic heterocycles. The molecule has 18 heavy (non-hydrogen) atoms. The predicted octanol–water partition coefficient (Wildman–Crippen LogP) is 1.53. The maximum Gasteiger partial charge on any atom is 0.412 e. The third-order valence-corrected chi connectivity index (χ3v) is 2.92. The average molecular weight is 259 g/mol. The highest BCUT2D eigenvalue weighted by Crippen LogP contribution is 2.32. The molecule has 0 N–H and O–H groups in total. The number of rotatable bonds is 5. The minimum absolute atomic E-state index is 0.252. The highest BCUT2D eigenvalue weighted by molar-refractivity contribution is 5.85. The first-order valence-electron chi connectivity index (χ1n) is 6.29. The van der Waals surface area contributed by atoms with Gasteiger partial charge in [-0.1, -0.05) is 6.92 Å². The van der Waals surface area contributed by atoms with Crippen molar-refractivity contribution in [3.8, 4) is 0 Å². The molecule has 1 heterocycles. The zero-order valence-corrected chi connectivity index (χ0v) is 11.2. The summed E-state index contributed by atoms with van der Waals surface area (Å²) >= 11 is 0. The van der Waals surface area contributed by atoms with E-state index in [9.17, 15) is 9.59 Å². The van der Waals surface area contributed by atoms with Gasteiger partial charge in [0.25, 0.3) is 0 Å². The number of hydrogen-bond donors (Lipinski definition) is 0. The van der Waals surface area contributed by atoms with Crippen LogP contribution in [0.5, 0.6) is 0 Å². The Bertz CT molecular complexity index is 307. The van der Waals surface area contributed by atoms with Gasteiger partial charge in [-0.3, -0.25) is 4.90 Å². The minimum atomic E-state index is -1.32. The van der Waals surface area contributed by atoms with Crippen molar-refractivity contribution in [1.82, 2.24) is 4.90 Å². The smallest absolute Gasteiger partial charge is 0.412 e. The van der Waals surface area contributed by atoms with Crippen molar-refractivity contribution < 1.29 is 23.8 Å². The zero-order valence-electron chi connectivity index (χ0n) is 11.2. The third-order valence-electron chi connectivity index (χ3n) is 2.92. The van der Waals surface area contributed by atoms with E-state index < -0.39 is 17.8 Å². The molecule has 0 spiro atoms. The van der Waals surface area contributed by atoms with Crippen LogP contribution < -0.4 is 0 Å². The van der Waals surface area contributed by atoms with Crippen LogP contribution >= 0.6 is 0 Å². The number of hydrogen-bond acceptors (Lipinski definition) is 5. The molecule has 1 amide bonds. The molecular formula is C12H21NO5. The van der Waals surface area contributed by atoms with Gasteiger partial charge in [-0.2, -0.15) is 0 Å². The number of carbonyl (C=O) groups is 2. The lowest BCUT2D eigenvalue weighted by Gasteiger charge is -2.33. The summed E-state index contributed by atoms with van der Waals surface area (Å²) in [5, 5.41) is 0. The first kappa shape index (κ1) is 14.8. The minimum Gasteiger partial charge on any atom is -0.462 e. The van der Waals surface area contributed by atoms with Crippen molar-refractivity contribution >= 4 is 12.1 Å². The van der Waals surface area contributed by atoms with Crippen molar-refractivity contribution in [1.29, 1.82) is 0 Å². The first-order chi connectivity index (χ1) is 8.62. The summed E-state index contributed by atoms with van der Waals surface area (Å²) < 4.78 is 15.3. The number of methoxy groups -OCH3 is 1. The summed E-state index contributed by atoms with van der Waals surface area (Å²) in [6, 6.07) is 0. The Morgan fingerprint density at radius 1 is 1.28 bits per heavy atom. The highest BCUT2D eigenvalue weighted by atomic mass is 16.6. The van der Waals surface area contributed by atoms with Gasteiger partial charge in [-0.05, 0) is 19.8 Å². The Labute approximate surface area is 107 Å². The molecule has 1 aliphatic heterocycles. The fourth-order valence-corrected chi connectivity index (χ4v) is 2.05. The van der Waals surface area contributed by atoms with Crippen LogP contribution in [0.2, 0.25) is 0 Å². The van der Waals surface area contributed by atoms with Crippen LogP contribution in [-0.4, -0.2) is 49.6 Å². The fraction of sp³-hybridized carbons (Fsp3) is 0.833. The Kier molecular flexibility index (Phi) is 5.40. The Hall–Kier alpha value is -1.30. The van der Waals surface area contributed by atoms with Gasteiger partial charge in [0.05, 0.1) is 13.2 Å². The number of amides is 1. The van der Waals surface area contributed by atoms with E-state index in [0.717, 1.165) is 6.42 Å². The van der Waals surface area contributed by atoms with Gasteiger partial charge in [0.2, 0.25) is 5.72 Å². The maximum atomic E-state index is 12.0. The number of esters is 1. The van der Waals surface area contributed by atoms with Gasteiger partial charge < -0.3 is 14.2 Å². The van der Waals surface area contributed by atoms with Crippen LogP contribution in [0.1, 0.15) is 33.1 Å². The average Bonchev–Trinajstić information content (AvgIpc) is 2.81. The van der Waals surface area contributed by atoms with Crippen molar-refractivity contribution in [2.75, 3.05) is 26.9 Å². The van der Waals surface area contributed by atoms with Gasteiger partial charge in [-0.15, -0.1) is 0 Å². The van der Waals surface area contributed by atoms with E-state index in [4.69, 9.17) is 14.2 Å². The normalized spacial score (nSPS) is 22.9. The molecule has 1 atom stereocenters. The van der Waals surface area contributed by atoms with Crippen LogP contribution in [0.15, 0.2) is 0 Å². The lowest BCUT2D eigenvalue weighted by molar-refractivity contribution is -0.185. The van der Waals surface area contributed by atoms with Gasteiger partial charge in [0.1, 0.15) is 0 Å². The summed E-state index contributed by atoms with van der Waals surface area (Å²) in [5.74, 6) is -0.529. The van der Waals surface area contributed by atoms with E-state index in [0.29, 0.717) is 26.0 Å². The van der Waals surface area contributed by atoms with E-state index in [1.54, 1.807) is 6.92 Å². The molecule has 6 nitrogen and oxygen atoms in total. The molecule has 0 radical (unpaired) electrons. The summed E-state index contributed by atoms with van der Waals surface area (Å²) in [6.07, 6.45) is 1.33. The molecular weight excluding hydrogens is 238 g/mol.